The highest BCUT2D eigenvalue weighted by molar-refractivity contribution is 5.72. The number of hydrogen-bond donors (Lipinski definition) is 3. The van der Waals surface area contributed by atoms with Crippen LogP contribution in [0.2, 0.25) is 0 Å². The Morgan fingerprint density at radius 3 is 2.35 bits per heavy atom. The summed E-state index contributed by atoms with van der Waals surface area (Å²) in [7, 11) is 0. The molecule has 2 aromatic carbocycles. The quantitative estimate of drug-likeness (QED) is 0.656. The zero-order valence-corrected chi connectivity index (χ0v) is 12.9. The van der Waals surface area contributed by atoms with Crippen molar-refractivity contribution in [2.24, 2.45) is 0 Å². The molecule has 2 aromatic rings. The molecule has 5 heteroatoms. The highest BCUT2D eigenvalue weighted by atomic mass is 16.7. The van der Waals surface area contributed by atoms with Gasteiger partial charge in [-0.05, 0) is 17.5 Å². The van der Waals surface area contributed by atoms with E-state index in [0.717, 1.165) is 11.1 Å². The molecule has 5 nitrogen and oxygen atoms in total. The number of carbonyl (C=O) groups is 1. The zero-order chi connectivity index (χ0) is 16.3. The predicted molar refractivity (Wildman–Crippen MR) is 88.7 cm³/mol. The number of aliphatic hydroxyl groups is 1. The molecule has 0 aliphatic heterocycles. The van der Waals surface area contributed by atoms with Crippen LogP contribution in [0.1, 0.15) is 23.5 Å². The molecular formula is C18H22N2O3. The second-order valence-electron chi connectivity index (χ2n) is 5.21. The lowest BCUT2D eigenvalue weighted by Crippen LogP contribution is -2.37. The number of rotatable bonds is 8. The molecular weight excluding hydrogens is 292 g/mol. The highest BCUT2D eigenvalue weighted by Gasteiger charge is 2.12. The van der Waals surface area contributed by atoms with Crippen LogP contribution in [0.15, 0.2) is 60.7 Å². The van der Waals surface area contributed by atoms with Crippen molar-refractivity contribution in [2.45, 2.75) is 18.9 Å². The Morgan fingerprint density at radius 1 is 1.04 bits per heavy atom. The van der Waals surface area contributed by atoms with Gasteiger partial charge in [0.1, 0.15) is 0 Å². The lowest BCUT2D eigenvalue weighted by Gasteiger charge is -2.17. The van der Waals surface area contributed by atoms with Gasteiger partial charge in [-0.25, -0.2) is 10.3 Å². The Labute approximate surface area is 136 Å². The number of urea groups is 1. The summed E-state index contributed by atoms with van der Waals surface area (Å²) >= 11 is 0. The molecule has 0 heterocycles. The van der Waals surface area contributed by atoms with Crippen molar-refractivity contribution in [3.05, 3.63) is 71.8 Å². The fourth-order valence-corrected chi connectivity index (χ4v) is 2.28. The minimum atomic E-state index is -0.389. The molecule has 0 fully saturated rings. The highest BCUT2D eigenvalue weighted by Crippen LogP contribution is 2.17. The minimum Gasteiger partial charge on any atom is -0.396 e. The predicted octanol–water partition coefficient (Wildman–Crippen LogP) is 2.58. The molecule has 2 rings (SSSR count). The lowest BCUT2D eigenvalue weighted by molar-refractivity contribution is 0.0489. The Hall–Kier alpha value is -2.37. The number of amides is 2. The van der Waals surface area contributed by atoms with Crippen LogP contribution in [0.5, 0.6) is 0 Å². The van der Waals surface area contributed by atoms with Gasteiger partial charge in [-0.2, -0.15) is 0 Å². The third-order valence-corrected chi connectivity index (χ3v) is 3.50. The van der Waals surface area contributed by atoms with Crippen molar-refractivity contribution >= 4 is 6.03 Å². The minimum absolute atomic E-state index is 0.0704. The molecule has 0 spiro atoms. The normalized spacial score (nSPS) is 11.7. The number of nitrogens with one attached hydrogen (secondary N) is 2. The van der Waals surface area contributed by atoms with E-state index in [1.54, 1.807) is 0 Å². The summed E-state index contributed by atoms with van der Waals surface area (Å²) in [5, 5.41) is 11.9. The molecule has 0 saturated carbocycles. The van der Waals surface area contributed by atoms with Crippen molar-refractivity contribution in [1.29, 1.82) is 0 Å². The molecule has 0 saturated heterocycles. The summed E-state index contributed by atoms with van der Waals surface area (Å²) in [4.78, 5) is 16.9. The van der Waals surface area contributed by atoms with Crippen LogP contribution >= 0.6 is 0 Å². The lowest BCUT2D eigenvalue weighted by atomic mass is 9.96. The second kappa shape index (κ2) is 9.61. The summed E-state index contributed by atoms with van der Waals surface area (Å²) in [6.45, 7) is 0.825. The average Bonchev–Trinajstić information content (AvgIpc) is 2.60. The van der Waals surface area contributed by atoms with E-state index in [9.17, 15) is 9.90 Å². The van der Waals surface area contributed by atoms with Crippen molar-refractivity contribution in [2.75, 3.05) is 13.2 Å². The van der Waals surface area contributed by atoms with E-state index in [2.05, 4.69) is 10.8 Å². The van der Waals surface area contributed by atoms with Crippen LogP contribution in [0.3, 0.4) is 0 Å². The molecule has 1 atom stereocenters. The van der Waals surface area contributed by atoms with Crippen molar-refractivity contribution in [3.63, 3.8) is 0 Å². The second-order valence-corrected chi connectivity index (χ2v) is 5.21. The number of benzene rings is 2. The molecule has 0 radical (unpaired) electrons. The van der Waals surface area contributed by atoms with E-state index in [-0.39, 0.29) is 18.6 Å². The topological polar surface area (TPSA) is 70.6 Å². The van der Waals surface area contributed by atoms with Gasteiger partial charge in [0, 0.05) is 19.1 Å². The van der Waals surface area contributed by atoms with Crippen LogP contribution in [0.25, 0.3) is 0 Å². The van der Waals surface area contributed by atoms with Crippen LogP contribution in [-0.2, 0) is 11.4 Å². The van der Waals surface area contributed by atoms with E-state index in [1.807, 2.05) is 60.7 Å². The van der Waals surface area contributed by atoms with Gasteiger partial charge in [-0.15, -0.1) is 0 Å². The maximum absolute atomic E-state index is 11.8. The molecule has 0 aliphatic rings. The SMILES string of the molecule is O=C(NCC(CCO)c1ccccc1)NOCc1ccccc1. The summed E-state index contributed by atoms with van der Waals surface area (Å²) in [6.07, 6.45) is 0.592. The summed E-state index contributed by atoms with van der Waals surface area (Å²) < 4.78 is 0. The maximum Gasteiger partial charge on any atom is 0.338 e. The van der Waals surface area contributed by atoms with Crippen molar-refractivity contribution in [1.82, 2.24) is 10.8 Å². The van der Waals surface area contributed by atoms with Gasteiger partial charge in [-0.1, -0.05) is 60.7 Å². The van der Waals surface area contributed by atoms with E-state index in [0.29, 0.717) is 19.6 Å². The van der Waals surface area contributed by atoms with E-state index < -0.39 is 0 Å². The van der Waals surface area contributed by atoms with Crippen LogP contribution in [-0.4, -0.2) is 24.3 Å². The number of carbonyl (C=O) groups excluding carboxylic acids is 1. The van der Waals surface area contributed by atoms with Gasteiger partial charge < -0.3 is 10.4 Å². The van der Waals surface area contributed by atoms with Crippen molar-refractivity contribution < 1.29 is 14.7 Å². The standard InChI is InChI=1S/C18H22N2O3/c21-12-11-17(16-9-5-2-6-10-16)13-19-18(22)20-23-14-15-7-3-1-4-8-15/h1-10,17,21H,11-14H2,(H2,19,20,22). The Balaban J connectivity index is 1.73. The third-order valence-electron chi connectivity index (χ3n) is 3.50. The molecule has 23 heavy (non-hydrogen) atoms. The first kappa shape index (κ1) is 17.0. The van der Waals surface area contributed by atoms with Gasteiger partial charge >= 0.3 is 6.03 Å². The Kier molecular flexibility index (Phi) is 7.10. The van der Waals surface area contributed by atoms with Gasteiger partial charge in [0.25, 0.3) is 0 Å². The van der Waals surface area contributed by atoms with Gasteiger partial charge in [0.15, 0.2) is 0 Å². The van der Waals surface area contributed by atoms with Crippen LogP contribution in [0, 0.1) is 0 Å². The first-order valence-corrected chi connectivity index (χ1v) is 7.65. The Bertz CT molecular complexity index is 575. The van der Waals surface area contributed by atoms with Gasteiger partial charge in [0.2, 0.25) is 0 Å². The van der Waals surface area contributed by atoms with E-state index in [4.69, 9.17) is 4.84 Å². The molecule has 3 N–H and O–H groups in total. The van der Waals surface area contributed by atoms with Gasteiger partial charge in [0.05, 0.1) is 6.61 Å². The summed E-state index contributed by atoms with van der Waals surface area (Å²) in [5.74, 6) is 0.0704. The first-order chi connectivity index (χ1) is 11.3. The first-order valence-electron chi connectivity index (χ1n) is 7.65. The number of hydrogen-bond acceptors (Lipinski definition) is 3. The molecule has 0 aliphatic carbocycles. The molecule has 0 aromatic heterocycles. The average molecular weight is 314 g/mol. The summed E-state index contributed by atoms with van der Waals surface area (Å²) in [6, 6.07) is 19.0. The van der Waals surface area contributed by atoms with E-state index in [1.165, 1.54) is 0 Å². The maximum atomic E-state index is 11.8. The fourth-order valence-electron chi connectivity index (χ4n) is 2.28. The van der Waals surface area contributed by atoms with Crippen LogP contribution < -0.4 is 10.8 Å². The molecule has 1 unspecified atom stereocenters. The smallest absolute Gasteiger partial charge is 0.338 e. The summed E-state index contributed by atoms with van der Waals surface area (Å²) in [5.41, 5.74) is 4.44. The Morgan fingerprint density at radius 2 is 1.70 bits per heavy atom. The van der Waals surface area contributed by atoms with Gasteiger partial charge in [-0.3, -0.25) is 4.84 Å². The fraction of sp³-hybridized carbons (Fsp3) is 0.278. The monoisotopic (exact) mass is 314 g/mol. The zero-order valence-electron chi connectivity index (χ0n) is 12.9. The molecule has 0 bridgehead atoms. The van der Waals surface area contributed by atoms with E-state index >= 15 is 0 Å². The number of hydroxylamine groups is 1. The molecule has 2 amide bonds. The third kappa shape index (κ3) is 6.10. The number of aliphatic hydroxyl groups excluding tert-OH is 1. The van der Waals surface area contributed by atoms with Crippen LogP contribution in [0.4, 0.5) is 4.79 Å². The van der Waals surface area contributed by atoms with Crippen molar-refractivity contribution in [3.8, 4) is 0 Å². The molecule has 122 valence electrons. The largest absolute Gasteiger partial charge is 0.396 e.